The van der Waals surface area contributed by atoms with Crippen LogP contribution in [0.15, 0.2) is 66.7 Å². The molecule has 31 heavy (non-hydrogen) atoms. The van der Waals surface area contributed by atoms with E-state index in [1.165, 1.54) is 17.0 Å². The number of ether oxygens (including phenoxy) is 2. The number of hydrogen-bond donors (Lipinski definition) is 1. The first-order chi connectivity index (χ1) is 15.1. The van der Waals surface area contributed by atoms with Crippen LogP contribution in [0.3, 0.4) is 0 Å². The van der Waals surface area contributed by atoms with Crippen LogP contribution < -0.4 is 14.8 Å². The summed E-state index contributed by atoms with van der Waals surface area (Å²) < 4.78 is 11.0. The standard InChI is InChI=1S/C24H18N2O5/c27-22(25-17-7-9-20-21(13-17)31-11-10-30-20)16-6-8-18-19(12-16)24(29)26(23(18)28)14-15-4-2-1-3-5-15/h1-9,12-13H,10-11,14H2,(H,25,27). The molecule has 0 saturated carbocycles. The van der Waals surface area contributed by atoms with Gasteiger partial charge in [0.2, 0.25) is 0 Å². The van der Waals surface area contributed by atoms with E-state index in [0.29, 0.717) is 36.0 Å². The molecule has 2 aliphatic heterocycles. The number of carbonyl (C=O) groups is 3. The van der Waals surface area contributed by atoms with Crippen LogP contribution in [0.25, 0.3) is 0 Å². The zero-order valence-corrected chi connectivity index (χ0v) is 16.5. The fourth-order valence-electron chi connectivity index (χ4n) is 3.67. The highest BCUT2D eigenvalue weighted by Gasteiger charge is 2.36. The van der Waals surface area contributed by atoms with Crippen LogP contribution in [-0.4, -0.2) is 35.8 Å². The third kappa shape index (κ3) is 3.50. The lowest BCUT2D eigenvalue weighted by Gasteiger charge is -2.19. The zero-order valence-electron chi connectivity index (χ0n) is 16.5. The SMILES string of the molecule is O=C(Nc1ccc2c(c1)OCCO2)c1ccc2c(c1)C(=O)N(Cc1ccccc1)C2=O. The highest BCUT2D eigenvalue weighted by molar-refractivity contribution is 6.22. The van der Waals surface area contributed by atoms with Gasteiger partial charge in [0.05, 0.1) is 17.7 Å². The van der Waals surface area contributed by atoms with Crippen molar-refractivity contribution < 1.29 is 23.9 Å². The van der Waals surface area contributed by atoms with Gasteiger partial charge >= 0.3 is 0 Å². The summed E-state index contributed by atoms with van der Waals surface area (Å²) in [5, 5.41) is 2.79. The lowest BCUT2D eigenvalue weighted by molar-refractivity contribution is 0.0642. The molecule has 0 aromatic heterocycles. The minimum atomic E-state index is -0.405. The van der Waals surface area contributed by atoms with E-state index in [-0.39, 0.29) is 29.5 Å². The quantitative estimate of drug-likeness (QED) is 0.661. The third-order valence-corrected chi connectivity index (χ3v) is 5.22. The zero-order chi connectivity index (χ0) is 21.4. The second-order valence-corrected chi connectivity index (χ2v) is 7.25. The minimum Gasteiger partial charge on any atom is -0.486 e. The van der Waals surface area contributed by atoms with Crippen molar-refractivity contribution in [2.24, 2.45) is 0 Å². The molecule has 0 atom stereocenters. The Bertz CT molecular complexity index is 1210. The molecule has 7 nitrogen and oxygen atoms in total. The van der Waals surface area contributed by atoms with Gasteiger partial charge in [-0.25, -0.2) is 0 Å². The molecule has 0 fully saturated rings. The predicted octanol–water partition coefficient (Wildman–Crippen LogP) is 3.51. The number of nitrogens with zero attached hydrogens (tertiary/aromatic N) is 1. The van der Waals surface area contributed by atoms with Crippen molar-refractivity contribution in [3.8, 4) is 11.5 Å². The normalized spacial score (nSPS) is 14.4. The first kappa shape index (κ1) is 18.9. The molecular formula is C24H18N2O5. The maximum absolute atomic E-state index is 12.8. The number of imide groups is 1. The highest BCUT2D eigenvalue weighted by atomic mass is 16.6. The molecule has 0 spiro atoms. The maximum atomic E-state index is 12.8. The van der Waals surface area contributed by atoms with Gasteiger partial charge in [0.25, 0.3) is 17.7 Å². The summed E-state index contributed by atoms with van der Waals surface area (Å²) in [5.74, 6) is 0.0430. The minimum absolute atomic E-state index is 0.186. The van der Waals surface area contributed by atoms with E-state index in [1.807, 2.05) is 30.3 Å². The molecule has 2 heterocycles. The number of nitrogens with one attached hydrogen (secondary N) is 1. The monoisotopic (exact) mass is 414 g/mol. The molecule has 0 aliphatic carbocycles. The number of benzene rings is 3. The fourth-order valence-corrected chi connectivity index (χ4v) is 3.67. The van der Waals surface area contributed by atoms with Gasteiger partial charge in [0.15, 0.2) is 11.5 Å². The van der Waals surface area contributed by atoms with Crippen molar-refractivity contribution >= 4 is 23.4 Å². The lowest BCUT2D eigenvalue weighted by Crippen LogP contribution is -2.29. The van der Waals surface area contributed by atoms with E-state index in [9.17, 15) is 14.4 Å². The Labute approximate surface area is 178 Å². The molecule has 0 radical (unpaired) electrons. The summed E-state index contributed by atoms with van der Waals surface area (Å²) in [6.45, 7) is 1.12. The summed E-state index contributed by atoms with van der Waals surface area (Å²) in [6.07, 6.45) is 0. The molecule has 3 aromatic carbocycles. The van der Waals surface area contributed by atoms with Crippen molar-refractivity contribution in [1.82, 2.24) is 4.90 Å². The van der Waals surface area contributed by atoms with Crippen molar-refractivity contribution in [3.05, 3.63) is 89.0 Å². The number of carbonyl (C=O) groups excluding carboxylic acids is 3. The second kappa shape index (κ2) is 7.60. The summed E-state index contributed by atoms with van der Waals surface area (Å²) in [4.78, 5) is 39.5. The van der Waals surface area contributed by atoms with Crippen LogP contribution in [0.5, 0.6) is 11.5 Å². The number of rotatable bonds is 4. The second-order valence-electron chi connectivity index (χ2n) is 7.25. The Kier molecular flexibility index (Phi) is 4.63. The first-order valence-corrected chi connectivity index (χ1v) is 9.85. The van der Waals surface area contributed by atoms with Crippen molar-refractivity contribution in [2.75, 3.05) is 18.5 Å². The average Bonchev–Trinajstić information content (AvgIpc) is 3.04. The van der Waals surface area contributed by atoms with Crippen molar-refractivity contribution in [1.29, 1.82) is 0 Å². The van der Waals surface area contributed by atoms with Crippen molar-refractivity contribution in [3.63, 3.8) is 0 Å². The maximum Gasteiger partial charge on any atom is 0.261 e. The molecule has 154 valence electrons. The Morgan fingerprint density at radius 3 is 2.39 bits per heavy atom. The van der Waals surface area contributed by atoms with Crippen LogP contribution in [0.1, 0.15) is 36.6 Å². The Hall–Kier alpha value is -4.13. The van der Waals surface area contributed by atoms with Gasteiger partial charge in [0.1, 0.15) is 13.2 Å². The van der Waals surface area contributed by atoms with E-state index in [1.54, 1.807) is 24.3 Å². The predicted molar refractivity (Wildman–Crippen MR) is 112 cm³/mol. The molecule has 3 amide bonds. The molecule has 0 unspecified atom stereocenters. The van der Waals surface area contributed by atoms with Crippen LogP contribution in [0.4, 0.5) is 5.69 Å². The number of anilines is 1. The van der Waals surface area contributed by atoms with E-state index in [4.69, 9.17) is 9.47 Å². The third-order valence-electron chi connectivity index (χ3n) is 5.22. The van der Waals surface area contributed by atoms with Crippen LogP contribution in [-0.2, 0) is 6.54 Å². The van der Waals surface area contributed by atoms with E-state index in [0.717, 1.165) is 5.56 Å². The lowest BCUT2D eigenvalue weighted by atomic mass is 10.1. The summed E-state index contributed by atoms with van der Waals surface area (Å²) in [6, 6.07) is 19.0. The van der Waals surface area contributed by atoms with E-state index >= 15 is 0 Å². The van der Waals surface area contributed by atoms with Crippen LogP contribution in [0, 0.1) is 0 Å². The number of fused-ring (bicyclic) bond motifs is 2. The number of hydrogen-bond acceptors (Lipinski definition) is 5. The summed E-state index contributed by atoms with van der Waals surface area (Å²) in [5.41, 5.74) is 2.22. The molecule has 3 aromatic rings. The molecular weight excluding hydrogens is 396 g/mol. The number of amides is 3. The molecule has 5 rings (SSSR count). The highest BCUT2D eigenvalue weighted by Crippen LogP contribution is 2.33. The molecule has 1 N–H and O–H groups in total. The Morgan fingerprint density at radius 1 is 0.839 bits per heavy atom. The summed E-state index contributed by atoms with van der Waals surface area (Å²) >= 11 is 0. The fraction of sp³-hybridized carbons (Fsp3) is 0.125. The largest absolute Gasteiger partial charge is 0.486 e. The van der Waals surface area contributed by atoms with E-state index in [2.05, 4.69) is 5.32 Å². The van der Waals surface area contributed by atoms with Gasteiger partial charge in [-0.2, -0.15) is 0 Å². The van der Waals surface area contributed by atoms with Gasteiger partial charge < -0.3 is 14.8 Å². The van der Waals surface area contributed by atoms with Gasteiger partial charge in [0, 0.05) is 17.3 Å². The Morgan fingerprint density at radius 2 is 1.58 bits per heavy atom. The average molecular weight is 414 g/mol. The van der Waals surface area contributed by atoms with E-state index < -0.39 is 5.91 Å². The van der Waals surface area contributed by atoms with Gasteiger partial charge in [-0.15, -0.1) is 0 Å². The Balaban J connectivity index is 1.36. The molecule has 0 bridgehead atoms. The molecule has 0 saturated heterocycles. The molecule has 2 aliphatic rings. The van der Waals surface area contributed by atoms with Gasteiger partial charge in [-0.05, 0) is 35.9 Å². The van der Waals surface area contributed by atoms with Crippen LogP contribution in [0.2, 0.25) is 0 Å². The van der Waals surface area contributed by atoms with Gasteiger partial charge in [-0.1, -0.05) is 30.3 Å². The smallest absolute Gasteiger partial charge is 0.261 e. The van der Waals surface area contributed by atoms with Crippen molar-refractivity contribution in [2.45, 2.75) is 6.54 Å². The summed E-state index contributed by atoms with van der Waals surface area (Å²) in [7, 11) is 0. The first-order valence-electron chi connectivity index (χ1n) is 9.85. The topological polar surface area (TPSA) is 84.9 Å². The van der Waals surface area contributed by atoms with Gasteiger partial charge in [-0.3, -0.25) is 19.3 Å². The van der Waals surface area contributed by atoms with Crippen LogP contribution >= 0.6 is 0 Å². The molecule has 7 heteroatoms.